The molecule has 1 spiro atoms. The molecule has 36 heavy (non-hydrogen) atoms. The number of para-hydroxylation sites is 1. The van der Waals surface area contributed by atoms with E-state index in [1.807, 2.05) is 0 Å². The van der Waals surface area contributed by atoms with Crippen LogP contribution in [0.4, 0.5) is 0 Å². The van der Waals surface area contributed by atoms with Crippen molar-refractivity contribution in [2.45, 2.75) is 11.8 Å². The molecule has 0 atom stereocenters. The molecule has 0 N–H and O–H groups in total. The van der Waals surface area contributed by atoms with Crippen molar-refractivity contribution >= 4 is 10.9 Å². The first-order chi connectivity index (χ1) is 17.8. The first-order valence-electron chi connectivity index (χ1n) is 12.7. The Labute approximate surface area is 209 Å². The van der Waals surface area contributed by atoms with Gasteiger partial charge < -0.3 is 0 Å². The summed E-state index contributed by atoms with van der Waals surface area (Å²) in [6.45, 7) is 0. The number of pyridine rings is 1. The molecular formula is C35H21N. The zero-order valence-electron chi connectivity index (χ0n) is 19.6. The van der Waals surface area contributed by atoms with Crippen LogP contribution >= 0.6 is 0 Å². The molecule has 3 aliphatic carbocycles. The predicted octanol–water partition coefficient (Wildman–Crippen LogP) is 8.15. The number of fused-ring (bicyclic) bond motifs is 14. The lowest BCUT2D eigenvalue weighted by Crippen LogP contribution is -2.26. The highest BCUT2D eigenvalue weighted by Gasteiger charge is 2.51. The SMILES string of the molecule is c1ccc2c(c1)-c1ccccc1C21c2ccccc2-c2cc3c(cc21)Cc1nc2ccccc2cc1-3. The minimum absolute atomic E-state index is 0.277. The van der Waals surface area contributed by atoms with Gasteiger partial charge in [0.25, 0.3) is 0 Å². The second-order valence-electron chi connectivity index (χ2n) is 10.3. The molecule has 0 saturated heterocycles. The van der Waals surface area contributed by atoms with Crippen molar-refractivity contribution in [3.05, 3.63) is 149 Å². The molecule has 6 aromatic rings. The molecule has 1 nitrogen and oxygen atoms in total. The van der Waals surface area contributed by atoms with Crippen LogP contribution in [-0.4, -0.2) is 4.98 Å². The molecule has 0 aliphatic heterocycles. The second kappa shape index (κ2) is 6.38. The van der Waals surface area contributed by atoms with E-state index in [1.165, 1.54) is 72.3 Å². The van der Waals surface area contributed by atoms with Crippen LogP contribution in [0.5, 0.6) is 0 Å². The largest absolute Gasteiger partial charge is 0.252 e. The maximum Gasteiger partial charge on any atom is 0.0725 e. The lowest BCUT2D eigenvalue weighted by molar-refractivity contribution is 0.792. The van der Waals surface area contributed by atoms with Crippen LogP contribution in [0, 0.1) is 0 Å². The van der Waals surface area contributed by atoms with Crippen molar-refractivity contribution in [2.75, 3.05) is 0 Å². The van der Waals surface area contributed by atoms with E-state index < -0.39 is 0 Å². The van der Waals surface area contributed by atoms with Gasteiger partial charge in [0.05, 0.1) is 16.6 Å². The number of aromatic nitrogens is 1. The van der Waals surface area contributed by atoms with Crippen LogP contribution in [0.2, 0.25) is 0 Å². The van der Waals surface area contributed by atoms with Crippen molar-refractivity contribution in [1.29, 1.82) is 0 Å². The van der Waals surface area contributed by atoms with E-state index in [2.05, 4.69) is 115 Å². The van der Waals surface area contributed by atoms with Crippen LogP contribution in [0.1, 0.15) is 33.5 Å². The predicted molar refractivity (Wildman–Crippen MR) is 146 cm³/mol. The van der Waals surface area contributed by atoms with Gasteiger partial charge in [0, 0.05) is 17.4 Å². The van der Waals surface area contributed by atoms with Crippen LogP contribution < -0.4 is 0 Å². The minimum Gasteiger partial charge on any atom is -0.252 e. The van der Waals surface area contributed by atoms with Gasteiger partial charge in [-0.25, -0.2) is 0 Å². The van der Waals surface area contributed by atoms with Crippen LogP contribution in [0.3, 0.4) is 0 Å². The van der Waals surface area contributed by atoms with E-state index in [-0.39, 0.29) is 5.41 Å². The molecule has 0 radical (unpaired) electrons. The molecule has 9 rings (SSSR count). The molecule has 1 aromatic heterocycles. The fourth-order valence-corrected chi connectivity index (χ4v) is 7.28. The average Bonchev–Trinajstić information content (AvgIpc) is 3.54. The summed E-state index contributed by atoms with van der Waals surface area (Å²) in [5.74, 6) is 0. The van der Waals surface area contributed by atoms with E-state index in [9.17, 15) is 0 Å². The fourth-order valence-electron chi connectivity index (χ4n) is 7.28. The lowest BCUT2D eigenvalue weighted by Gasteiger charge is -2.30. The molecule has 1 heteroatoms. The molecule has 166 valence electrons. The Balaban J connectivity index is 1.40. The van der Waals surface area contributed by atoms with Gasteiger partial charge in [-0.15, -0.1) is 0 Å². The Morgan fingerprint density at radius 1 is 0.472 bits per heavy atom. The molecule has 0 saturated carbocycles. The summed E-state index contributed by atoms with van der Waals surface area (Å²) in [7, 11) is 0. The molecule has 0 amide bonds. The van der Waals surface area contributed by atoms with Crippen molar-refractivity contribution in [2.24, 2.45) is 0 Å². The monoisotopic (exact) mass is 455 g/mol. The summed E-state index contributed by atoms with van der Waals surface area (Å²) in [6.07, 6.45) is 0.887. The van der Waals surface area contributed by atoms with Crippen molar-refractivity contribution in [1.82, 2.24) is 4.98 Å². The lowest BCUT2D eigenvalue weighted by atomic mass is 9.70. The molecular weight excluding hydrogens is 434 g/mol. The molecule has 0 unspecified atom stereocenters. The number of rotatable bonds is 0. The maximum atomic E-state index is 5.08. The Bertz CT molecular complexity index is 1880. The minimum atomic E-state index is -0.277. The number of nitrogens with zero attached hydrogens (tertiary/aromatic N) is 1. The normalized spacial score (nSPS) is 14.8. The summed E-state index contributed by atoms with van der Waals surface area (Å²) < 4.78 is 0. The van der Waals surface area contributed by atoms with Crippen LogP contribution in [0.25, 0.3) is 44.3 Å². The van der Waals surface area contributed by atoms with Crippen LogP contribution in [0.15, 0.2) is 115 Å². The summed E-state index contributed by atoms with van der Waals surface area (Å²) in [4.78, 5) is 5.08. The highest BCUT2D eigenvalue weighted by atomic mass is 14.7. The molecule has 1 heterocycles. The standard InChI is InChI=1S/C35H21N/c1-8-16-33-21(9-1)17-28-26-20-27-25-12-4-7-15-31(25)35(32(27)18-22(26)19-34(28)36-33)29-13-5-2-10-23(29)24-11-3-6-14-30(24)35/h1-18,20H,19H2. The third-order valence-corrected chi connectivity index (χ3v) is 8.67. The molecule has 5 aromatic carbocycles. The third kappa shape index (κ3) is 2.08. The second-order valence-corrected chi connectivity index (χ2v) is 10.3. The fraction of sp³-hybridized carbons (Fsp3) is 0.0571. The van der Waals surface area contributed by atoms with Gasteiger partial charge in [-0.2, -0.15) is 0 Å². The molecule has 3 aliphatic rings. The summed E-state index contributed by atoms with van der Waals surface area (Å²) in [6, 6.07) is 42.9. The van der Waals surface area contributed by atoms with Crippen LogP contribution in [-0.2, 0) is 11.8 Å². The molecule has 0 fully saturated rings. The van der Waals surface area contributed by atoms with E-state index >= 15 is 0 Å². The highest BCUT2D eigenvalue weighted by Crippen LogP contribution is 2.63. The summed E-state index contributed by atoms with van der Waals surface area (Å²) in [5, 5.41) is 1.21. The van der Waals surface area contributed by atoms with Crippen molar-refractivity contribution < 1.29 is 0 Å². The zero-order valence-corrected chi connectivity index (χ0v) is 19.6. The van der Waals surface area contributed by atoms with E-state index in [4.69, 9.17) is 4.98 Å². The van der Waals surface area contributed by atoms with Gasteiger partial charge in [0.2, 0.25) is 0 Å². The van der Waals surface area contributed by atoms with Gasteiger partial charge in [-0.1, -0.05) is 97.1 Å². The molecule has 0 bridgehead atoms. The number of hydrogen-bond donors (Lipinski definition) is 0. The van der Waals surface area contributed by atoms with Gasteiger partial charge in [0.15, 0.2) is 0 Å². The highest BCUT2D eigenvalue weighted by molar-refractivity contribution is 5.98. The first kappa shape index (κ1) is 18.8. The number of hydrogen-bond acceptors (Lipinski definition) is 1. The van der Waals surface area contributed by atoms with Crippen molar-refractivity contribution in [3.63, 3.8) is 0 Å². The zero-order chi connectivity index (χ0) is 23.4. The Kier molecular flexibility index (Phi) is 3.33. The van der Waals surface area contributed by atoms with Gasteiger partial charge in [-0.3, -0.25) is 4.98 Å². The van der Waals surface area contributed by atoms with Gasteiger partial charge >= 0.3 is 0 Å². The topological polar surface area (TPSA) is 12.9 Å². The van der Waals surface area contributed by atoms with Gasteiger partial charge in [-0.05, 0) is 73.8 Å². The number of benzene rings is 5. The van der Waals surface area contributed by atoms with Crippen molar-refractivity contribution in [3.8, 4) is 33.4 Å². The van der Waals surface area contributed by atoms with E-state index in [0.717, 1.165) is 11.9 Å². The summed E-state index contributed by atoms with van der Waals surface area (Å²) >= 11 is 0. The van der Waals surface area contributed by atoms with E-state index in [0.29, 0.717) is 0 Å². The Morgan fingerprint density at radius 3 is 1.75 bits per heavy atom. The third-order valence-electron chi connectivity index (χ3n) is 8.67. The quantitative estimate of drug-likeness (QED) is 0.225. The Hall–Kier alpha value is -4.49. The first-order valence-corrected chi connectivity index (χ1v) is 12.7. The smallest absolute Gasteiger partial charge is 0.0725 e. The van der Waals surface area contributed by atoms with E-state index in [1.54, 1.807) is 0 Å². The summed E-state index contributed by atoms with van der Waals surface area (Å²) in [5.41, 5.74) is 17.1. The average molecular weight is 456 g/mol. The van der Waals surface area contributed by atoms with Gasteiger partial charge in [0.1, 0.15) is 0 Å². The Morgan fingerprint density at radius 2 is 1.06 bits per heavy atom. The maximum absolute atomic E-state index is 5.08.